The second-order valence-electron chi connectivity index (χ2n) is 6.45. The van der Waals surface area contributed by atoms with Crippen LogP contribution < -0.4 is 5.32 Å². The third-order valence-electron chi connectivity index (χ3n) is 4.06. The summed E-state index contributed by atoms with van der Waals surface area (Å²) < 4.78 is 16.1. The fourth-order valence-electron chi connectivity index (χ4n) is 2.79. The topological polar surface area (TPSA) is 43.0 Å². The van der Waals surface area contributed by atoms with Gasteiger partial charge in [-0.2, -0.15) is 0 Å². The molecule has 0 spiro atoms. The van der Waals surface area contributed by atoms with Gasteiger partial charge < -0.3 is 24.4 Å². The van der Waals surface area contributed by atoms with E-state index in [1.54, 1.807) is 14.2 Å². The van der Waals surface area contributed by atoms with Crippen LogP contribution in [0.5, 0.6) is 0 Å². The van der Waals surface area contributed by atoms with Crippen LogP contribution in [-0.2, 0) is 14.2 Å². The third-order valence-corrected chi connectivity index (χ3v) is 4.06. The highest BCUT2D eigenvalue weighted by Crippen LogP contribution is 2.29. The van der Waals surface area contributed by atoms with Gasteiger partial charge in [-0.05, 0) is 12.8 Å². The Hall–Kier alpha value is -0.200. The predicted octanol–water partition coefficient (Wildman–Crippen LogP) is 1.38. The highest BCUT2D eigenvalue weighted by Gasteiger charge is 2.36. The summed E-state index contributed by atoms with van der Waals surface area (Å²) in [7, 11) is 3.53. The molecule has 1 saturated heterocycles. The van der Waals surface area contributed by atoms with Crippen molar-refractivity contribution in [1.29, 1.82) is 0 Å². The van der Waals surface area contributed by atoms with Gasteiger partial charge in [0, 0.05) is 65.1 Å². The summed E-state index contributed by atoms with van der Waals surface area (Å²) in [6.07, 6.45) is 2.20. The Bertz CT molecular complexity index is 256. The molecule has 1 heterocycles. The fraction of sp³-hybridized carbons (Fsp3) is 1.00. The minimum Gasteiger partial charge on any atom is -0.385 e. The lowest BCUT2D eigenvalue weighted by Crippen LogP contribution is -2.47. The van der Waals surface area contributed by atoms with Gasteiger partial charge >= 0.3 is 0 Å². The molecule has 0 aromatic carbocycles. The van der Waals surface area contributed by atoms with Crippen LogP contribution in [0.25, 0.3) is 0 Å². The summed E-state index contributed by atoms with van der Waals surface area (Å²) in [5.74, 6) is 0. The largest absolute Gasteiger partial charge is 0.385 e. The average Bonchev–Trinajstić information content (AvgIpc) is 2.92. The number of rotatable bonds is 12. The maximum Gasteiger partial charge on any atom is 0.0589 e. The molecule has 0 bridgehead atoms. The Morgan fingerprint density at radius 1 is 1.19 bits per heavy atom. The van der Waals surface area contributed by atoms with E-state index in [-0.39, 0.29) is 5.41 Å². The van der Waals surface area contributed by atoms with Crippen LogP contribution in [0, 0.1) is 5.41 Å². The van der Waals surface area contributed by atoms with E-state index in [1.807, 2.05) is 0 Å². The van der Waals surface area contributed by atoms with Gasteiger partial charge in [-0.15, -0.1) is 0 Å². The zero-order chi connectivity index (χ0) is 15.6. The first-order valence-corrected chi connectivity index (χ1v) is 8.13. The standard InChI is InChI=1S/C16H34N2O3/c1-15(2)17-12-16(6-10-21-14-16)13-18(8-11-20-4)7-5-9-19-3/h15,17H,5-14H2,1-4H3. The highest BCUT2D eigenvalue weighted by atomic mass is 16.5. The van der Waals surface area contributed by atoms with E-state index >= 15 is 0 Å². The van der Waals surface area contributed by atoms with Crippen LogP contribution in [0.15, 0.2) is 0 Å². The van der Waals surface area contributed by atoms with Crippen molar-refractivity contribution in [1.82, 2.24) is 10.2 Å². The molecule has 0 radical (unpaired) electrons. The van der Waals surface area contributed by atoms with Crippen LogP contribution in [-0.4, -0.2) is 77.8 Å². The molecule has 5 heteroatoms. The first kappa shape index (κ1) is 18.8. The SMILES string of the molecule is COCCCN(CCOC)CC1(CNC(C)C)CCOC1. The molecule has 1 N–H and O–H groups in total. The molecule has 0 saturated carbocycles. The summed E-state index contributed by atoms with van der Waals surface area (Å²) in [4.78, 5) is 2.50. The minimum atomic E-state index is 0.241. The van der Waals surface area contributed by atoms with Crippen molar-refractivity contribution in [3.63, 3.8) is 0 Å². The van der Waals surface area contributed by atoms with Gasteiger partial charge in [0.1, 0.15) is 0 Å². The van der Waals surface area contributed by atoms with E-state index in [2.05, 4.69) is 24.1 Å². The Labute approximate surface area is 130 Å². The van der Waals surface area contributed by atoms with Crippen molar-refractivity contribution in [2.75, 3.05) is 66.8 Å². The number of nitrogens with one attached hydrogen (secondary N) is 1. The van der Waals surface area contributed by atoms with E-state index in [0.717, 1.165) is 65.4 Å². The van der Waals surface area contributed by atoms with E-state index in [1.165, 1.54) is 0 Å². The van der Waals surface area contributed by atoms with Crippen LogP contribution in [0.4, 0.5) is 0 Å². The summed E-state index contributed by atoms with van der Waals surface area (Å²) in [5, 5.41) is 3.59. The van der Waals surface area contributed by atoms with E-state index in [9.17, 15) is 0 Å². The zero-order valence-electron chi connectivity index (χ0n) is 14.3. The van der Waals surface area contributed by atoms with Gasteiger partial charge in [-0.25, -0.2) is 0 Å². The van der Waals surface area contributed by atoms with Gasteiger partial charge in [-0.3, -0.25) is 0 Å². The van der Waals surface area contributed by atoms with Gasteiger partial charge in [0.05, 0.1) is 13.2 Å². The smallest absolute Gasteiger partial charge is 0.0589 e. The summed E-state index contributed by atoms with van der Waals surface area (Å²) in [6, 6.07) is 0.517. The average molecular weight is 302 g/mol. The van der Waals surface area contributed by atoms with Gasteiger partial charge in [-0.1, -0.05) is 13.8 Å². The second-order valence-corrected chi connectivity index (χ2v) is 6.45. The molecule has 0 aliphatic carbocycles. The van der Waals surface area contributed by atoms with Crippen molar-refractivity contribution in [3.8, 4) is 0 Å². The number of hydrogen-bond acceptors (Lipinski definition) is 5. The quantitative estimate of drug-likeness (QED) is 0.552. The molecule has 1 aliphatic rings. The van der Waals surface area contributed by atoms with Crippen molar-refractivity contribution >= 4 is 0 Å². The predicted molar refractivity (Wildman–Crippen MR) is 85.8 cm³/mol. The third kappa shape index (κ3) is 7.56. The molecule has 1 fully saturated rings. The molecule has 1 aliphatic heterocycles. The zero-order valence-corrected chi connectivity index (χ0v) is 14.3. The normalized spacial score (nSPS) is 22.6. The lowest BCUT2D eigenvalue weighted by Gasteiger charge is -2.35. The second kappa shape index (κ2) is 10.5. The molecule has 1 unspecified atom stereocenters. The summed E-state index contributed by atoms with van der Waals surface area (Å²) in [5.41, 5.74) is 0.241. The summed E-state index contributed by atoms with van der Waals surface area (Å²) >= 11 is 0. The minimum absolute atomic E-state index is 0.241. The monoisotopic (exact) mass is 302 g/mol. The van der Waals surface area contributed by atoms with E-state index in [0.29, 0.717) is 6.04 Å². The molecule has 5 nitrogen and oxygen atoms in total. The van der Waals surface area contributed by atoms with Crippen molar-refractivity contribution in [2.24, 2.45) is 5.41 Å². The van der Waals surface area contributed by atoms with Crippen LogP contribution in [0.1, 0.15) is 26.7 Å². The van der Waals surface area contributed by atoms with Crippen LogP contribution in [0.2, 0.25) is 0 Å². The molecule has 1 atom stereocenters. The highest BCUT2D eigenvalue weighted by molar-refractivity contribution is 4.89. The Balaban J connectivity index is 2.52. The fourth-order valence-corrected chi connectivity index (χ4v) is 2.79. The van der Waals surface area contributed by atoms with E-state index < -0.39 is 0 Å². The molecule has 0 aromatic rings. The van der Waals surface area contributed by atoms with Crippen molar-refractivity contribution in [2.45, 2.75) is 32.7 Å². The van der Waals surface area contributed by atoms with Gasteiger partial charge in [0.15, 0.2) is 0 Å². The molecule has 0 amide bonds. The Morgan fingerprint density at radius 3 is 2.52 bits per heavy atom. The Kier molecular flexibility index (Phi) is 9.44. The van der Waals surface area contributed by atoms with Crippen molar-refractivity contribution in [3.05, 3.63) is 0 Å². The summed E-state index contributed by atoms with van der Waals surface area (Å²) in [6.45, 7) is 11.9. The van der Waals surface area contributed by atoms with Gasteiger partial charge in [0.2, 0.25) is 0 Å². The van der Waals surface area contributed by atoms with E-state index in [4.69, 9.17) is 14.2 Å². The lowest BCUT2D eigenvalue weighted by atomic mass is 9.86. The molecular weight excluding hydrogens is 268 g/mol. The number of methoxy groups -OCH3 is 2. The molecule has 0 aromatic heterocycles. The number of ether oxygens (including phenoxy) is 3. The van der Waals surface area contributed by atoms with Crippen molar-refractivity contribution < 1.29 is 14.2 Å². The maximum atomic E-state index is 5.70. The first-order valence-electron chi connectivity index (χ1n) is 8.13. The lowest BCUT2D eigenvalue weighted by molar-refractivity contribution is 0.0793. The molecular formula is C16H34N2O3. The molecule has 126 valence electrons. The molecule has 1 rings (SSSR count). The first-order chi connectivity index (χ1) is 10.1. The molecule has 21 heavy (non-hydrogen) atoms. The van der Waals surface area contributed by atoms with Gasteiger partial charge in [0.25, 0.3) is 0 Å². The maximum absolute atomic E-state index is 5.70. The van der Waals surface area contributed by atoms with Crippen LogP contribution >= 0.6 is 0 Å². The van der Waals surface area contributed by atoms with Crippen LogP contribution in [0.3, 0.4) is 0 Å². The number of hydrogen-bond donors (Lipinski definition) is 1. The Morgan fingerprint density at radius 2 is 1.95 bits per heavy atom. The number of nitrogens with zero attached hydrogens (tertiary/aromatic N) is 1.